The molecule has 148 valence electrons. The Bertz CT molecular complexity index is 297. The maximum Gasteiger partial charge on any atom is 0.414 e. The normalized spacial score (nSPS) is 15.0. The summed E-state index contributed by atoms with van der Waals surface area (Å²) >= 11 is 0. The minimum atomic E-state index is -1.82. The molecular formula is C14H28N2O9. The van der Waals surface area contributed by atoms with Crippen LogP contribution in [-0.2, 0) is 19.2 Å². The minimum absolute atomic E-state index is 0. The highest BCUT2D eigenvalue weighted by molar-refractivity contribution is 6.27. The highest BCUT2D eigenvalue weighted by Crippen LogP contribution is 1.97. The summed E-state index contributed by atoms with van der Waals surface area (Å²) in [6, 6.07) is 0. The van der Waals surface area contributed by atoms with Gasteiger partial charge in [-0.3, -0.25) is 0 Å². The summed E-state index contributed by atoms with van der Waals surface area (Å²) < 4.78 is 0. The molecule has 2 saturated heterocycles. The van der Waals surface area contributed by atoms with E-state index >= 15 is 0 Å². The van der Waals surface area contributed by atoms with Crippen molar-refractivity contribution >= 4 is 23.9 Å². The topological polar surface area (TPSA) is 205 Å². The van der Waals surface area contributed by atoms with Gasteiger partial charge in [0.2, 0.25) is 0 Å². The van der Waals surface area contributed by atoms with Crippen LogP contribution >= 0.6 is 0 Å². The lowest BCUT2D eigenvalue weighted by Gasteiger charge is -2.08. The van der Waals surface area contributed by atoms with Crippen molar-refractivity contribution in [3.05, 3.63) is 0 Å². The Balaban J connectivity index is -0.000000255. The number of piperidine rings is 2. The van der Waals surface area contributed by atoms with E-state index in [-0.39, 0.29) is 5.48 Å². The second-order valence-electron chi connectivity index (χ2n) is 4.84. The average molecular weight is 368 g/mol. The molecule has 2 fully saturated rings. The maximum atomic E-state index is 9.10. The van der Waals surface area contributed by atoms with Gasteiger partial charge in [0.15, 0.2) is 0 Å². The fraction of sp³-hybridized carbons (Fsp3) is 0.714. The van der Waals surface area contributed by atoms with Crippen LogP contribution in [0.2, 0.25) is 0 Å². The monoisotopic (exact) mass is 368 g/mol. The van der Waals surface area contributed by atoms with E-state index in [4.69, 9.17) is 39.6 Å². The second-order valence-corrected chi connectivity index (χ2v) is 4.84. The Kier molecular flexibility index (Phi) is 21.9. The summed E-state index contributed by atoms with van der Waals surface area (Å²) in [5, 5.41) is 36.1. The standard InChI is InChI=1S/2C5H11N.2C2H2O4.H2O/c2*1-2-4-6-5-3-1;2*3-1(4)2(5)6;/h2*6H,1-5H2;2*(H,3,4)(H,5,6);1H2. The third kappa shape index (κ3) is 26.9. The summed E-state index contributed by atoms with van der Waals surface area (Å²) in [6.45, 7) is 5.00. The van der Waals surface area contributed by atoms with Crippen molar-refractivity contribution in [1.29, 1.82) is 0 Å². The number of aliphatic carboxylic acids is 4. The van der Waals surface area contributed by atoms with Gasteiger partial charge >= 0.3 is 23.9 Å². The summed E-state index contributed by atoms with van der Waals surface area (Å²) in [5.41, 5.74) is 0. The lowest BCUT2D eigenvalue weighted by molar-refractivity contribution is -0.159. The quantitative estimate of drug-likeness (QED) is 0.288. The molecule has 2 heterocycles. The Labute approximate surface area is 145 Å². The summed E-state index contributed by atoms with van der Waals surface area (Å²) in [5.74, 6) is -7.30. The summed E-state index contributed by atoms with van der Waals surface area (Å²) in [7, 11) is 0. The van der Waals surface area contributed by atoms with Gasteiger partial charge in [-0.2, -0.15) is 0 Å². The first-order valence-corrected chi connectivity index (χ1v) is 7.63. The Morgan fingerprint density at radius 3 is 0.720 bits per heavy atom. The Morgan fingerprint density at radius 1 is 0.480 bits per heavy atom. The molecule has 0 spiro atoms. The van der Waals surface area contributed by atoms with Crippen molar-refractivity contribution in [2.45, 2.75) is 38.5 Å². The van der Waals surface area contributed by atoms with Gasteiger partial charge in [0.1, 0.15) is 0 Å². The predicted molar refractivity (Wildman–Crippen MR) is 87.6 cm³/mol. The third-order valence-electron chi connectivity index (χ3n) is 2.78. The fourth-order valence-corrected chi connectivity index (χ4v) is 1.60. The van der Waals surface area contributed by atoms with Crippen LogP contribution in [0, 0.1) is 0 Å². The molecule has 0 unspecified atom stereocenters. The van der Waals surface area contributed by atoms with Crippen molar-refractivity contribution in [3.8, 4) is 0 Å². The third-order valence-corrected chi connectivity index (χ3v) is 2.78. The lowest BCUT2D eigenvalue weighted by atomic mass is 10.2. The molecule has 0 bridgehead atoms. The molecule has 11 heteroatoms. The predicted octanol–water partition coefficient (Wildman–Crippen LogP) is -0.994. The summed E-state index contributed by atoms with van der Waals surface area (Å²) in [6.07, 6.45) is 8.43. The van der Waals surface area contributed by atoms with Crippen LogP contribution in [0.15, 0.2) is 0 Å². The van der Waals surface area contributed by atoms with Crippen molar-refractivity contribution in [2.75, 3.05) is 26.2 Å². The molecule has 0 aromatic rings. The first-order chi connectivity index (χ1) is 11.3. The number of nitrogens with one attached hydrogen (secondary N) is 2. The first kappa shape index (κ1) is 27.6. The van der Waals surface area contributed by atoms with Gasteiger partial charge in [-0.1, -0.05) is 12.8 Å². The van der Waals surface area contributed by atoms with E-state index < -0.39 is 23.9 Å². The molecule has 8 N–H and O–H groups in total. The number of carboxylic acids is 4. The molecule has 0 aliphatic carbocycles. The first-order valence-electron chi connectivity index (χ1n) is 7.63. The van der Waals surface area contributed by atoms with Crippen LogP contribution in [-0.4, -0.2) is 76.0 Å². The number of carboxylic acid groups (broad SMARTS) is 4. The van der Waals surface area contributed by atoms with Gasteiger partial charge in [-0.15, -0.1) is 0 Å². The number of hydrogen-bond donors (Lipinski definition) is 6. The van der Waals surface area contributed by atoms with Crippen molar-refractivity contribution in [2.24, 2.45) is 0 Å². The van der Waals surface area contributed by atoms with E-state index in [1.54, 1.807) is 0 Å². The van der Waals surface area contributed by atoms with Gasteiger partial charge < -0.3 is 36.5 Å². The maximum absolute atomic E-state index is 9.10. The second kappa shape index (κ2) is 19.8. The molecule has 11 nitrogen and oxygen atoms in total. The minimum Gasteiger partial charge on any atom is -0.473 e. The fourth-order valence-electron chi connectivity index (χ4n) is 1.60. The summed E-state index contributed by atoms with van der Waals surface area (Å²) in [4.78, 5) is 36.4. The SMILES string of the molecule is C1CCNCC1.C1CCNCC1.O.O=C(O)C(=O)O.O=C(O)C(=O)O. The van der Waals surface area contributed by atoms with Crippen LogP contribution in [0.25, 0.3) is 0 Å². The molecule has 2 aliphatic rings. The molecule has 0 saturated carbocycles. The highest BCUT2D eigenvalue weighted by atomic mass is 16.4. The van der Waals surface area contributed by atoms with Crippen LogP contribution in [0.3, 0.4) is 0 Å². The number of rotatable bonds is 0. The zero-order valence-corrected chi connectivity index (χ0v) is 14.0. The molecule has 0 atom stereocenters. The zero-order chi connectivity index (χ0) is 18.8. The van der Waals surface area contributed by atoms with Crippen LogP contribution in [0.1, 0.15) is 38.5 Å². The van der Waals surface area contributed by atoms with E-state index in [0.717, 1.165) is 0 Å². The van der Waals surface area contributed by atoms with Gasteiger partial charge in [-0.05, 0) is 51.9 Å². The largest absolute Gasteiger partial charge is 0.473 e. The van der Waals surface area contributed by atoms with E-state index in [0.29, 0.717) is 0 Å². The molecule has 0 amide bonds. The van der Waals surface area contributed by atoms with Gasteiger partial charge in [0.05, 0.1) is 0 Å². The Hall–Kier alpha value is -2.24. The number of carbonyl (C=O) groups is 4. The molecule has 25 heavy (non-hydrogen) atoms. The molecule has 0 radical (unpaired) electrons. The van der Waals surface area contributed by atoms with E-state index in [1.807, 2.05) is 0 Å². The van der Waals surface area contributed by atoms with E-state index in [1.165, 1.54) is 64.7 Å². The number of hydrogen-bond acceptors (Lipinski definition) is 6. The molecular weight excluding hydrogens is 340 g/mol. The van der Waals surface area contributed by atoms with Crippen LogP contribution < -0.4 is 10.6 Å². The van der Waals surface area contributed by atoms with Crippen LogP contribution in [0.4, 0.5) is 0 Å². The molecule has 0 aromatic carbocycles. The molecule has 0 aromatic heterocycles. The van der Waals surface area contributed by atoms with E-state index in [9.17, 15) is 0 Å². The molecule has 2 aliphatic heterocycles. The van der Waals surface area contributed by atoms with Crippen molar-refractivity contribution in [3.63, 3.8) is 0 Å². The van der Waals surface area contributed by atoms with Crippen LogP contribution in [0.5, 0.6) is 0 Å². The molecule has 2 rings (SSSR count). The van der Waals surface area contributed by atoms with Crippen molar-refractivity contribution < 1.29 is 45.1 Å². The van der Waals surface area contributed by atoms with Crippen molar-refractivity contribution in [1.82, 2.24) is 10.6 Å². The zero-order valence-electron chi connectivity index (χ0n) is 14.0. The van der Waals surface area contributed by atoms with Gasteiger partial charge in [0.25, 0.3) is 0 Å². The average Bonchev–Trinajstić information content (AvgIpc) is 2.59. The smallest absolute Gasteiger partial charge is 0.414 e. The van der Waals surface area contributed by atoms with Gasteiger partial charge in [-0.25, -0.2) is 19.2 Å². The van der Waals surface area contributed by atoms with Gasteiger partial charge in [0, 0.05) is 0 Å². The Morgan fingerprint density at radius 2 is 0.680 bits per heavy atom. The lowest BCUT2D eigenvalue weighted by Crippen LogP contribution is -2.21. The highest BCUT2D eigenvalue weighted by Gasteiger charge is 2.04. The van der Waals surface area contributed by atoms with E-state index in [2.05, 4.69) is 10.6 Å².